The third kappa shape index (κ3) is 2.39. The van der Waals surface area contributed by atoms with Crippen molar-refractivity contribution in [3.05, 3.63) is 22.1 Å². The van der Waals surface area contributed by atoms with Gasteiger partial charge in [-0.3, -0.25) is 20.0 Å². The minimum atomic E-state index is -0.229. The number of aromatic nitrogens is 4. The molecule has 2 aromatic rings. The number of carbonyl (C=O) groups excluding carboxylic acids is 1. The number of hydrogen-bond donors (Lipinski definition) is 2. The standard InChI is InChI=1S/C11H15N5O2/c1-3-5-7-6-9(18)16-11(12-7)14-10(15-16)13-8(17)4-2/h6H,3-5H2,1-2H3,(H2,12,13,14,15,17). The molecule has 0 bridgehead atoms. The zero-order valence-electron chi connectivity index (χ0n) is 10.4. The lowest BCUT2D eigenvalue weighted by Crippen LogP contribution is -2.16. The third-order valence-electron chi connectivity index (χ3n) is 2.47. The van der Waals surface area contributed by atoms with Crippen molar-refractivity contribution >= 4 is 17.6 Å². The highest BCUT2D eigenvalue weighted by Gasteiger charge is 2.09. The summed E-state index contributed by atoms with van der Waals surface area (Å²) in [5.41, 5.74) is 0.482. The summed E-state index contributed by atoms with van der Waals surface area (Å²) in [5.74, 6) is 0.341. The van der Waals surface area contributed by atoms with Crippen LogP contribution < -0.4 is 10.9 Å². The van der Waals surface area contributed by atoms with Gasteiger partial charge in [0, 0.05) is 12.5 Å². The van der Waals surface area contributed by atoms with Gasteiger partial charge in [-0.05, 0) is 6.42 Å². The van der Waals surface area contributed by atoms with Crippen molar-refractivity contribution in [1.82, 2.24) is 19.6 Å². The fraction of sp³-hybridized carbons (Fsp3) is 0.455. The van der Waals surface area contributed by atoms with Crippen molar-refractivity contribution in [3.63, 3.8) is 0 Å². The normalized spacial score (nSPS) is 10.8. The Kier molecular flexibility index (Phi) is 3.40. The minimum Gasteiger partial charge on any atom is -0.295 e. The lowest BCUT2D eigenvalue weighted by molar-refractivity contribution is -0.115. The highest BCUT2D eigenvalue weighted by Crippen LogP contribution is 2.03. The van der Waals surface area contributed by atoms with E-state index in [0.29, 0.717) is 12.1 Å². The van der Waals surface area contributed by atoms with Gasteiger partial charge in [-0.25, -0.2) is 4.98 Å². The number of rotatable bonds is 4. The van der Waals surface area contributed by atoms with E-state index >= 15 is 0 Å². The summed E-state index contributed by atoms with van der Waals surface area (Å²) in [4.78, 5) is 31.3. The van der Waals surface area contributed by atoms with E-state index in [0.717, 1.165) is 12.8 Å². The first-order chi connectivity index (χ1) is 8.63. The maximum atomic E-state index is 11.8. The average molecular weight is 249 g/mol. The van der Waals surface area contributed by atoms with Gasteiger partial charge in [0.05, 0.1) is 5.69 Å². The van der Waals surface area contributed by atoms with E-state index in [-0.39, 0.29) is 23.2 Å². The molecule has 2 rings (SSSR count). The topological polar surface area (TPSA) is 92.2 Å². The summed E-state index contributed by atoms with van der Waals surface area (Å²) in [7, 11) is 0. The Balaban J connectivity index is 2.41. The number of aryl methyl sites for hydroxylation is 1. The Hall–Kier alpha value is -2.18. The van der Waals surface area contributed by atoms with Crippen LogP contribution in [0.3, 0.4) is 0 Å². The molecular weight excluding hydrogens is 234 g/mol. The quantitative estimate of drug-likeness (QED) is 0.835. The summed E-state index contributed by atoms with van der Waals surface area (Å²) in [5, 5.41) is 5.25. The molecular formula is C11H15N5O2. The monoisotopic (exact) mass is 249 g/mol. The fourth-order valence-corrected chi connectivity index (χ4v) is 1.59. The van der Waals surface area contributed by atoms with E-state index in [1.54, 1.807) is 6.92 Å². The molecule has 1 amide bonds. The minimum absolute atomic E-state index is 0.170. The molecule has 0 fully saturated rings. The second kappa shape index (κ2) is 4.99. The third-order valence-corrected chi connectivity index (χ3v) is 2.47. The Labute approximate surface area is 103 Å². The first kappa shape index (κ1) is 12.3. The number of aromatic amines is 1. The highest BCUT2D eigenvalue weighted by atomic mass is 16.2. The smallest absolute Gasteiger partial charge is 0.274 e. The number of anilines is 1. The SMILES string of the molecule is CCCc1cc(=O)n2[nH]c(NC(=O)CC)nc2n1. The summed E-state index contributed by atoms with van der Waals surface area (Å²) in [6.07, 6.45) is 1.99. The molecule has 0 aliphatic carbocycles. The van der Waals surface area contributed by atoms with E-state index < -0.39 is 0 Å². The molecule has 2 aromatic heterocycles. The van der Waals surface area contributed by atoms with Gasteiger partial charge in [-0.2, -0.15) is 9.50 Å². The number of nitrogens with one attached hydrogen (secondary N) is 2. The summed E-state index contributed by atoms with van der Waals surface area (Å²) in [6.45, 7) is 3.75. The van der Waals surface area contributed by atoms with E-state index in [1.807, 2.05) is 6.92 Å². The molecule has 0 unspecified atom stereocenters. The fourth-order valence-electron chi connectivity index (χ4n) is 1.59. The predicted molar refractivity (Wildman–Crippen MR) is 66.5 cm³/mol. The molecule has 0 saturated carbocycles. The molecule has 2 heterocycles. The Morgan fingerprint density at radius 2 is 2.22 bits per heavy atom. The molecule has 0 radical (unpaired) electrons. The Bertz CT molecular complexity index is 628. The van der Waals surface area contributed by atoms with Crippen molar-refractivity contribution < 1.29 is 4.79 Å². The van der Waals surface area contributed by atoms with Gasteiger partial charge in [0.25, 0.3) is 11.3 Å². The molecule has 0 aliphatic heterocycles. The number of carbonyl (C=O) groups is 1. The van der Waals surface area contributed by atoms with Crippen LogP contribution in [0, 0.1) is 0 Å². The van der Waals surface area contributed by atoms with Crippen LogP contribution in [-0.2, 0) is 11.2 Å². The lowest BCUT2D eigenvalue weighted by atomic mass is 10.2. The van der Waals surface area contributed by atoms with Crippen molar-refractivity contribution in [2.45, 2.75) is 33.1 Å². The second-order valence-corrected chi connectivity index (χ2v) is 3.95. The summed E-state index contributed by atoms with van der Waals surface area (Å²) in [6, 6.07) is 1.47. The first-order valence-electron chi connectivity index (χ1n) is 5.92. The van der Waals surface area contributed by atoms with Crippen LogP contribution in [-0.4, -0.2) is 25.5 Å². The van der Waals surface area contributed by atoms with Crippen LogP contribution >= 0.6 is 0 Å². The van der Waals surface area contributed by atoms with Gasteiger partial charge < -0.3 is 0 Å². The van der Waals surface area contributed by atoms with Crippen LogP contribution in [0.2, 0.25) is 0 Å². The van der Waals surface area contributed by atoms with Crippen molar-refractivity contribution in [2.24, 2.45) is 0 Å². The van der Waals surface area contributed by atoms with Gasteiger partial charge in [-0.1, -0.05) is 20.3 Å². The molecule has 0 spiro atoms. The number of fused-ring (bicyclic) bond motifs is 1. The molecule has 18 heavy (non-hydrogen) atoms. The molecule has 0 atom stereocenters. The average Bonchev–Trinajstić information content (AvgIpc) is 2.72. The van der Waals surface area contributed by atoms with Crippen LogP contribution in [0.1, 0.15) is 32.4 Å². The van der Waals surface area contributed by atoms with Gasteiger partial charge in [-0.15, -0.1) is 0 Å². The van der Waals surface area contributed by atoms with E-state index in [4.69, 9.17) is 0 Å². The molecule has 0 aromatic carbocycles. The van der Waals surface area contributed by atoms with E-state index in [2.05, 4.69) is 20.4 Å². The zero-order valence-corrected chi connectivity index (χ0v) is 10.4. The molecule has 0 saturated heterocycles. The van der Waals surface area contributed by atoms with Crippen LogP contribution in [0.4, 0.5) is 5.95 Å². The van der Waals surface area contributed by atoms with Crippen molar-refractivity contribution in [3.8, 4) is 0 Å². The van der Waals surface area contributed by atoms with Gasteiger partial charge in [0.2, 0.25) is 11.9 Å². The summed E-state index contributed by atoms with van der Waals surface area (Å²) >= 11 is 0. The van der Waals surface area contributed by atoms with Gasteiger partial charge >= 0.3 is 0 Å². The number of amides is 1. The molecule has 7 heteroatoms. The molecule has 96 valence electrons. The number of hydrogen-bond acceptors (Lipinski definition) is 4. The van der Waals surface area contributed by atoms with Gasteiger partial charge in [0.1, 0.15) is 0 Å². The predicted octanol–water partition coefficient (Wildman–Crippen LogP) is 0.719. The largest absolute Gasteiger partial charge is 0.295 e. The van der Waals surface area contributed by atoms with Gasteiger partial charge in [0.15, 0.2) is 0 Å². The van der Waals surface area contributed by atoms with Crippen molar-refractivity contribution in [1.29, 1.82) is 0 Å². The first-order valence-corrected chi connectivity index (χ1v) is 5.92. The maximum Gasteiger partial charge on any atom is 0.274 e. The van der Waals surface area contributed by atoms with E-state index in [9.17, 15) is 9.59 Å². The molecule has 2 N–H and O–H groups in total. The Morgan fingerprint density at radius 1 is 1.44 bits per heavy atom. The van der Waals surface area contributed by atoms with E-state index in [1.165, 1.54) is 10.6 Å². The highest BCUT2D eigenvalue weighted by molar-refractivity contribution is 5.88. The number of nitrogens with zero attached hydrogens (tertiary/aromatic N) is 3. The molecule has 7 nitrogen and oxygen atoms in total. The van der Waals surface area contributed by atoms with Crippen molar-refractivity contribution in [2.75, 3.05) is 5.32 Å². The number of H-pyrrole nitrogens is 1. The van der Waals surface area contributed by atoms with Crippen LogP contribution in [0.25, 0.3) is 5.78 Å². The molecule has 0 aliphatic rings. The second-order valence-electron chi connectivity index (χ2n) is 3.95. The lowest BCUT2D eigenvalue weighted by Gasteiger charge is -1.96. The van der Waals surface area contributed by atoms with Crippen LogP contribution in [0.5, 0.6) is 0 Å². The van der Waals surface area contributed by atoms with Crippen LogP contribution in [0.15, 0.2) is 10.9 Å². The maximum absolute atomic E-state index is 11.8. The summed E-state index contributed by atoms with van der Waals surface area (Å²) < 4.78 is 1.21. The Morgan fingerprint density at radius 3 is 2.89 bits per heavy atom. The zero-order chi connectivity index (χ0) is 13.1.